The SMILES string of the molecule is CCc1cccc(CC)c1NNc1c(C(C)C)cccc1C(C)C. The van der Waals surface area contributed by atoms with Crippen LogP contribution < -0.4 is 10.9 Å². The van der Waals surface area contributed by atoms with Crippen molar-refractivity contribution in [1.82, 2.24) is 0 Å². The van der Waals surface area contributed by atoms with Crippen LogP contribution in [0.3, 0.4) is 0 Å². The van der Waals surface area contributed by atoms with E-state index in [9.17, 15) is 0 Å². The van der Waals surface area contributed by atoms with Crippen molar-refractivity contribution < 1.29 is 0 Å². The van der Waals surface area contributed by atoms with Crippen molar-refractivity contribution in [1.29, 1.82) is 0 Å². The Hall–Kier alpha value is -1.96. The lowest BCUT2D eigenvalue weighted by molar-refractivity contribution is 0.836. The average Bonchev–Trinajstić information content (AvgIpc) is 2.58. The van der Waals surface area contributed by atoms with E-state index in [0.717, 1.165) is 12.8 Å². The van der Waals surface area contributed by atoms with E-state index in [1.54, 1.807) is 0 Å². The van der Waals surface area contributed by atoms with Gasteiger partial charge in [0.15, 0.2) is 0 Å². The molecule has 24 heavy (non-hydrogen) atoms. The maximum absolute atomic E-state index is 3.56. The summed E-state index contributed by atoms with van der Waals surface area (Å²) in [6.45, 7) is 13.4. The predicted molar refractivity (Wildman–Crippen MR) is 107 cm³/mol. The minimum absolute atomic E-state index is 0.486. The van der Waals surface area contributed by atoms with Crippen LogP contribution in [0.25, 0.3) is 0 Å². The van der Waals surface area contributed by atoms with Crippen molar-refractivity contribution >= 4 is 11.4 Å². The van der Waals surface area contributed by atoms with Crippen molar-refractivity contribution in [2.75, 3.05) is 10.9 Å². The minimum Gasteiger partial charge on any atom is -0.300 e. The van der Waals surface area contributed by atoms with E-state index >= 15 is 0 Å². The molecule has 130 valence electrons. The third-order valence-corrected chi connectivity index (χ3v) is 4.68. The van der Waals surface area contributed by atoms with Gasteiger partial charge in [-0.05, 0) is 46.9 Å². The zero-order valence-corrected chi connectivity index (χ0v) is 16.0. The molecule has 2 aromatic carbocycles. The molecule has 0 saturated heterocycles. The number of nitrogens with one attached hydrogen (secondary N) is 2. The van der Waals surface area contributed by atoms with Gasteiger partial charge in [-0.3, -0.25) is 0 Å². The van der Waals surface area contributed by atoms with Gasteiger partial charge in [0.2, 0.25) is 0 Å². The topological polar surface area (TPSA) is 24.1 Å². The number of benzene rings is 2. The maximum atomic E-state index is 3.56. The Labute approximate surface area is 147 Å². The molecule has 0 aliphatic rings. The quantitative estimate of drug-likeness (QED) is 0.568. The van der Waals surface area contributed by atoms with Crippen molar-refractivity contribution in [3.05, 3.63) is 58.7 Å². The molecule has 2 N–H and O–H groups in total. The fourth-order valence-electron chi connectivity index (χ4n) is 3.22. The van der Waals surface area contributed by atoms with Crippen molar-refractivity contribution in [3.63, 3.8) is 0 Å². The summed E-state index contributed by atoms with van der Waals surface area (Å²) in [6.07, 6.45) is 2.06. The predicted octanol–water partition coefficient (Wildman–Crippen LogP) is 6.50. The molecule has 0 aliphatic heterocycles. The standard InChI is InChI=1S/C22H32N2/c1-7-17-11-9-12-18(8-2)21(17)23-24-22-19(15(3)4)13-10-14-20(22)16(5)6/h9-16,23-24H,7-8H2,1-6H3. The van der Waals surface area contributed by atoms with E-state index in [0.29, 0.717) is 11.8 Å². The lowest BCUT2D eigenvalue weighted by Gasteiger charge is -2.23. The number of aryl methyl sites for hydroxylation is 2. The molecule has 0 unspecified atom stereocenters. The van der Waals surface area contributed by atoms with Gasteiger partial charge in [0.25, 0.3) is 0 Å². The molecule has 0 aliphatic carbocycles. The normalized spacial score (nSPS) is 11.2. The van der Waals surface area contributed by atoms with Crippen LogP contribution in [0.4, 0.5) is 11.4 Å². The number of hydrazine groups is 1. The van der Waals surface area contributed by atoms with Gasteiger partial charge in [0, 0.05) is 0 Å². The molecular formula is C22H32N2. The summed E-state index contributed by atoms with van der Waals surface area (Å²) in [5, 5.41) is 0. The summed E-state index contributed by atoms with van der Waals surface area (Å²) < 4.78 is 0. The molecule has 0 radical (unpaired) electrons. The van der Waals surface area contributed by atoms with E-state index in [1.165, 1.54) is 33.6 Å². The first-order chi connectivity index (χ1) is 11.5. The summed E-state index contributed by atoms with van der Waals surface area (Å²) in [6, 6.07) is 13.2. The number of para-hydroxylation sites is 2. The molecule has 2 aromatic rings. The number of hydrogen-bond donors (Lipinski definition) is 2. The molecule has 0 fully saturated rings. The minimum atomic E-state index is 0.486. The lowest BCUT2D eigenvalue weighted by atomic mass is 9.93. The molecule has 0 amide bonds. The fourth-order valence-corrected chi connectivity index (χ4v) is 3.22. The highest BCUT2D eigenvalue weighted by Gasteiger charge is 2.14. The van der Waals surface area contributed by atoms with Gasteiger partial charge in [-0.2, -0.15) is 0 Å². The Balaban J connectivity index is 2.39. The number of hydrogen-bond acceptors (Lipinski definition) is 2. The van der Waals surface area contributed by atoms with Crippen molar-refractivity contribution in [3.8, 4) is 0 Å². The summed E-state index contributed by atoms with van der Waals surface area (Å²) in [7, 11) is 0. The molecule has 2 heteroatoms. The molecule has 2 nitrogen and oxygen atoms in total. The van der Waals surface area contributed by atoms with Crippen LogP contribution in [-0.4, -0.2) is 0 Å². The third-order valence-electron chi connectivity index (χ3n) is 4.68. The second-order valence-corrected chi connectivity index (χ2v) is 7.03. The van der Waals surface area contributed by atoms with Crippen LogP contribution in [0.15, 0.2) is 36.4 Å². The van der Waals surface area contributed by atoms with Crippen molar-refractivity contribution in [2.45, 2.75) is 66.2 Å². The summed E-state index contributed by atoms with van der Waals surface area (Å²) in [5.74, 6) is 0.972. The zero-order chi connectivity index (χ0) is 17.7. The Bertz CT molecular complexity index is 623. The Kier molecular flexibility index (Phi) is 6.30. The van der Waals surface area contributed by atoms with Gasteiger partial charge in [0.1, 0.15) is 0 Å². The van der Waals surface area contributed by atoms with Gasteiger partial charge in [-0.25, -0.2) is 0 Å². The molecule has 0 atom stereocenters. The Morgan fingerprint density at radius 1 is 0.667 bits per heavy atom. The smallest absolute Gasteiger partial charge is 0.0609 e. The summed E-state index contributed by atoms with van der Waals surface area (Å²) in [4.78, 5) is 0. The summed E-state index contributed by atoms with van der Waals surface area (Å²) >= 11 is 0. The van der Waals surface area contributed by atoms with Gasteiger partial charge >= 0.3 is 0 Å². The van der Waals surface area contributed by atoms with E-state index in [2.05, 4.69) is 88.8 Å². The van der Waals surface area contributed by atoms with Crippen LogP contribution in [0.2, 0.25) is 0 Å². The van der Waals surface area contributed by atoms with Crippen LogP contribution in [0.1, 0.15) is 75.6 Å². The van der Waals surface area contributed by atoms with Gasteiger partial charge in [0.05, 0.1) is 11.4 Å². The highest BCUT2D eigenvalue weighted by Crippen LogP contribution is 2.33. The molecule has 0 saturated carbocycles. The molecule has 0 spiro atoms. The highest BCUT2D eigenvalue weighted by molar-refractivity contribution is 5.66. The first-order valence-electron chi connectivity index (χ1n) is 9.25. The average molecular weight is 325 g/mol. The molecular weight excluding hydrogens is 292 g/mol. The van der Waals surface area contributed by atoms with E-state index in [4.69, 9.17) is 0 Å². The van der Waals surface area contributed by atoms with Crippen molar-refractivity contribution in [2.24, 2.45) is 0 Å². The Morgan fingerprint density at radius 2 is 1.08 bits per heavy atom. The maximum Gasteiger partial charge on any atom is 0.0609 e. The number of anilines is 2. The third kappa shape index (κ3) is 3.92. The zero-order valence-electron chi connectivity index (χ0n) is 16.0. The second kappa shape index (κ2) is 8.23. The largest absolute Gasteiger partial charge is 0.300 e. The molecule has 0 heterocycles. The van der Waals surface area contributed by atoms with Gasteiger partial charge < -0.3 is 10.9 Å². The Morgan fingerprint density at radius 3 is 1.50 bits per heavy atom. The summed E-state index contributed by atoms with van der Waals surface area (Å²) in [5.41, 5.74) is 15.0. The second-order valence-electron chi connectivity index (χ2n) is 7.03. The highest BCUT2D eigenvalue weighted by atomic mass is 15.4. The van der Waals surface area contributed by atoms with Gasteiger partial charge in [-0.1, -0.05) is 77.9 Å². The van der Waals surface area contributed by atoms with E-state index in [-0.39, 0.29) is 0 Å². The first kappa shape index (κ1) is 18.4. The molecule has 0 bridgehead atoms. The van der Waals surface area contributed by atoms with E-state index < -0.39 is 0 Å². The van der Waals surface area contributed by atoms with Crippen LogP contribution in [0, 0.1) is 0 Å². The molecule has 0 aromatic heterocycles. The van der Waals surface area contributed by atoms with Gasteiger partial charge in [-0.15, -0.1) is 0 Å². The monoisotopic (exact) mass is 324 g/mol. The fraction of sp³-hybridized carbons (Fsp3) is 0.455. The molecule has 2 rings (SSSR count). The van der Waals surface area contributed by atoms with E-state index in [1.807, 2.05) is 0 Å². The van der Waals surface area contributed by atoms with Crippen LogP contribution in [-0.2, 0) is 12.8 Å². The lowest BCUT2D eigenvalue weighted by Crippen LogP contribution is -2.16. The van der Waals surface area contributed by atoms with Crippen LogP contribution >= 0.6 is 0 Å². The van der Waals surface area contributed by atoms with Crippen LogP contribution in [0.5, 0.6) is 0 Å². The number of rotatable bonds is 7. The first-order valence-corrected chi connectivity index (χ1v) is 9.25.